The van der Waals surface area contributed by atoms with Crippen molar-refractivity contribution in [2.45, 2.75) is 6.18 Å². The fourth-order valence-electron chi connectivity index (χ4n) is 1.14. The van der Waals surface area contributed by atoms with E-state index in [0.29, 0.717) is 0 Å². The second-order valence-corrected chi connectivity index (χ2v) is 3.48. The van der Waals surface area contributed by atoms with Gasteiger partial charge in [-0.3, -0.25) is 4.79 Å². The third-order valence-corrected chi connectivity index (χ3v) is 1.93. The van der Waals surface area contributed by atoms with Crippen LogP contribution in [0.1, 0.15) is 10.6 Å². The highest BCUT2D eigenvalue weighted by Gasteiger charge is 2.28. The highest BCUT2D eigenvalue weighted by Crippen LogP contribution is 2.18. The number of carbonyl (C=O) groups excluding carboxylic acids is 1. The molecular weight excluding hydrogens is 281 g/mol. The largest absolute Gasteiger partial charge is 0.468 e. The van der Waals surface area contributed by atoms with Crippen LogP contribution in [0, 0.1) is 0 Å². The number of nitrogens with one attached hydrogen (secondary N) is 2. The molecule has 0 fully saturated rings. The molecule has 0 aliphatic heterocycles. The van der Waals surface area contributed by atoms with Gasteiger partial charge in [0.1, 0.15) is 0 Å². The number of hydrogen-bond acceptors (Lipinski definition) is 6. The number of rotatable bonds is 4. The predicted octanol–water partition coefficient (Wildman–Crippen LogP) is 0.788. The van der Waals surface area contributed by atoms with Crippen molar-refractivity contribution < 1.29 is 22.7 Å². The average molecular weight is 288 g/mol. The summed E-state index contributed by atoms with van der Waals surface area (Å²) in [5, 5.41) is 14.6. The van der Waals surface area contributed by atoms with Crippen LogP contribution in [0.15, 0.2) is 18.3 Å². The number of pyridine rings is 1. The fraction of sp³-hybridized carbons (Fsp3) is 0.222. The van der Waals surface area contributed by atoms with E-state index < -0.39 is 18.7 Å². The summed E-state index contributed by atoms with van der Waals surface area (Å²) in [4.78, 5) is 15.1. The number of nitrogens with zero attached hydrogens (tertiary/aromatic N) is 4. The van der Waals surface area contributed by atoms with Crippen molar-refractivity contribution in [3.8, 4) is 5.88 Å². The summed E-state index contributed by atoms with van der Waals surface area (Å²) in [6.07, 6.45) is -3.29. The molecule has 0 spiro atoms. The van der Waals surface area contributed by atoms with Gasteiger partial charge in [-0.1, -0.05) is 0 Å². The Bertz CT molecular complexity index is 568. The zero-order valence-corrected chi connectivity index (χ0v) is 9.68. The average Bonchev–Trinajstić information content (AvgIpc) is 2.91. The zero-order chi connectivity index (χ0) is 14.6. The first-order valence-electron chi connectivity index (χ1n) is 5.14. The quantitative estimate of drug-likeness (QED) is 0.861. The lowest BCUT2D eigenvalue weighted by Gasteiger charge is -2.08. The van der Waals surface area contributed by atoms with Gasteiger partial charge in [-0.2, -0.15) is 18.4 Å². The molecule has 1 amide bonds. The number of aromatic nitrogens is 5. The Kier molecular flexibility index (Phi) is 3.77. The number of alkyl halides is 3. The Labute approximate surface area is 109 Å². The zero-order valence-electron chi connectivity index (χ0n) is 9.68. The maximum atomic E-state index is 11.9. The summed E-state index contributed by atoms with van der Waals surface area (Å²) in [7, 11) is 0. The van der Waals surface area contributed by atoms with Crippen LogP contribution in [0.4, 0.5) is 18.9 Å². The van der Waals surface area contributed by atoms with E-state index >= 15 is 0 Å². The minimum Gasteiger partial charge on any atom is -0.468 e. The van der Waals surface area contributed by atoms with Crippen LogP contribution >= 0.6 is 0 Å². The van der Waals surface area contributed by atoms with Crippen molar-refractivity contribution in [2.24, 2.45) is 0 Å². The number of amides is 1. The summed E-state index contributed by atoms with van der Waals surface area (Å²) in [6, 6.07) is 2.52. The molecule has 2 heterocycles. The van der Waals surface area contributed by atoms with Crippen LogP contribution < -0.4 is 10.1 Å². The van der Waals surface area contributed by atoms with Gasteiger partial charge >= 0.3 is 6.18 Å². The molecule has 2 N–H and O–H groups in total. The van der Waals surface area contributed by atoms with Crippen LogP contribution in [0.25, 0.3) is 0 Å². The topological polar surface area (TPSA) is 106 Å². The Hall–Kier alpha value is -2.72. The summed E-state index contributed by atoms with van der Waals surface area (Å²) >= 11 is 0. The molecule has 20 heavy (non-hydrogen) atoms. The molecule has 0 aromatic carbocycles. The van der Waals surface area contributed by atoms with E-state index in [4.69, 9.17) is 0 Å². The molecule has 0 aliphatic rings. The van der Waals surface area contributed by atoms with Crippen LogP contribution in [-0.2, 0) is 0 Å². The lowest BCUT2D eigenvalue weighted by molar-refractivity contribution is -0.154. The lowest BCUT2D eigenvalue weighted by atomic mass is 10.4. The minimum absolute atomic E-state index is 0.178. The van der Waals surface area contributed by atoms with Crippen LogP contribution in [0.2, 0.25) is 0 Å². The molecule has 8 nitrogen and oxygen atoms in total. The van der Waals surface area contributed by atoms with E-state index in [1.54, 1.807) is 0 Å². The smallest absolute Gasteiger partial charge is 0.422 e. The van der Waals surface area contributed by atoms with Crippen molar-refractivity contribution in [3.05, 3.63) is 24.2 Å². The van der Waals surface area contributed by atoms with E-state index in [1.807, 2.05) is 0 Å². The van der Waals surface area contributed by atoms with E-state index in [2.05, 4.69) is 35.7 Å². The van der Waals surface area contributed by atoms with E-state index in [1.165, 1.54) is 12.1 Å². The minimum atomic E-state index is -4.44. The molecule has 0 unspecified atom stereocenters. The summed E-state index contributed by atoms with van der Waals surface area (Å²) in [5.41, 5.74) is 0.249. The highest BCUT2D eigenvalue weighted by molar-refractivity contribution is 6.01. The molecular formula is C9H7F3N6O2. The summed E-state index contributed by atoms with van der Waals surface area (Å²) < 4.78 is 40.2. The molecule has 0 bridgehead atoms. The predicted molar refractivity (Wildman–Crippen MR) is 57.9 cm³/mol. The Morgan fingerprint density at radius 1 is 1.40 bits per heavy atom. The first-order valence-corrected chi connectivity index (χ1v) is 5.14. The molecule has 11 heteroatoms. The van der Waals surface area contributed by atoms with Gasteiger partial charge in [0, 0.05) is 6.07 Å². The van der Waals surface area contributed by atoms with Crippen molar-refractivity contribution in [2.75, 3.05) is 11.9 Å². The molecule has 0 aliphatic carbocycles. The van der Waals surface area contributed by atoms with E-state index in [-0.39, 0.29) is 17.4 Å². The fourth-order valence-corrected chi connectivity index (χ4v) is 1.14. The number of hydrogen-bond donors (Lipinski definition) is 2. The SMILES string of the molecule is O=C(Nc1ccc(OCC(F)(F)F)nc1)c1nn[nH]n1. The molecule has 0 saturated heterocycles. The van der Waals surface area contributed by atoms with Crippen LogP contribution in [0.5, 0.6) is 5.88 Å². The maximum absolute atomic E-state index is 11.9. The van der Waals surface area contributed by atoms with Gasteiger partial charge in [0.05, 0.1) is 11.9 Å². The Morgan fingerprint density at radius 2 is 2.20 bits per heavy atom. The molecule has 0 atom stereocenters. The molecule has 0 radical (unpaired) electrons. The second-order valence-electron chi connectivity index (χ2n) is 3.48. The van der Waals surface area contributed by atoms with Gasteiger partial charge in [-0.15, -0.1) is 10.2 Å². The van der Waals surface area contributed by atoms with Gasteiger partial charge in [0.2, 0.25) is 5.88 Å². The van der Waals surface area contributed by atoms with Crippen molar-refractivity contribution in [3.63, 3.8) is 0 Å². The van der Waals surface area contributed by atoms with E-state index in [9.17, 15) is 18.0 Å². The monoisotopic (exact) mass is 288 g/mol. The summed E-state index contributed by atoms with van der Waals surface area (Å²) in [6.45, 7) is -1.44. The van der Waals surface area contributed by atoms with Gasteiger partial charge in [-0.25, -0.2) is 4.98 Å². The number of halogens is 3. The molecule has 0 saturated carbocycles. The second kappa shape index (κ2) is 5.50. The first kappa shape index (κ1) is 13.7. The summed E-state index contributed by atoms with van der Waals surface area (Å²) in [5.74, 6) is -1.02. The third-order valence-electron chi connectivity index (χ3n) is 1.93. The van der Waals surface area contributed by atoms with Crippen LogP contribution in [0.3, 0.4) is 0 Å². The van der Waals surface area contributed by atoms with Crippen molar-refractivity contribution >= 4 is 11.6 Å². The number of H-pyrrole nitrogens is 1. The Morgan fingerprint density at radius 3 is 2.75 bits per heavy atom. The van der Waals surface area contributed by atoms with E-state index in [0.717, 1.165) is 6.20 Å². The van der Waals surface area contributed by atoms with Gasteiger partial charge in [-0.05, 0) is 11.3 Å². The number of aromatic amines is 1. The number of ether oxygens (including phenoxy) is 1. The van der Waals surface area contributed by atoms with Crippen molar-refractivity contribution in [1.82, 2.24) is 25.6 Å². The number of anilines is 1. The van der Waals surface area contributed by atoms with Gasteiger partial charge in [0.15, 0.2) is 6.61 Å². The van der Waals surface area contributed by atoms with Gasteiger partial charge < -0.3 is 10.1 Å². The standard InChI is InChI=1S/C9H7F3N6O2/c10-9(11,12)4-20-6-2-1-5(3-13-6)14-8(19)7-15-17-18-16-7/h1-3H,4H2,(H,14,19)(H,15,16,17,18). The molecule has 2 aromatic rings. The normalized spacial score (nSPS) is 11.2. The maximum Gasteiger partial charge on any atom is 0.422 e. The van der Waals surface area contributed by atoms with Crippen LogP contribution in [-0.4, -0.2) is 44.3 Å². The Balaban J connectivity index is 1.93. The molecule has 2 rings (SSSR count). The number of carbonyl (C=O) groups is 1. The molecule has 106 valence electrons. The highest BCUT2D eigenvalue weighted by atomic mass is 19.4. The number of tetrazole rings is 1. The molecule has 2 aromatic heterocycles. The van der Waals surface area contributed by atoms with Crippen molar-refractivity contribution in [1.29, 1.82) is 0 Å². The third kappa shape index (κ3) is 3.90. The first-order chi connectivity index (χ1) is 9.44. The van der Waals surface area contributed by atoms with Gasteiger partial charge in [0.25, 0.3) is 11.7 Å². The lowest BCUT2D eigenvalue weighted by Crippen LogP contribution is -2.19.